The number of rotatable bonds is 6. The van der Waals surface area contributed by atoms with E-state index in [0.717, 1.165) is 5.75 Å². The van der Waals surface area contributed by atoms with Crippen molar-refractivity contribution in [2.75, 3.05) is 20.2 Å². The van der Waals surface area contributed by atoms with Crippen molar-refractivity contribution in [2.24, 2.45) is 5.92 Å². The standard InChI is InChI=1S/C14H18N2O2/c1-12(10-15)11-16(2)14(17)8-9-18-13-6-4-3-5-7-13/h3-7,12H,8-9,11H2,1-2H3. The predicted octanol–water partition coefficient (Wildman–Crippen LogP) is 2.07. The highest BCUT2D eigenvalue weighted by atomic mass is 16.5. The minimum atomic E-state index is -0.144. The van der Waals surface area contributed by atoms with Gasteiger partial charge in [-0.1, -0.05) is 18.2 Å². The molecule has 1 unspecified atom stereocenters. The van der Waals surface area contributed by atoms with Crippen LogP contribution in [0.5, 0.6) is 5.75 Å². The van der Waals surface area contributed by atoms with Gasteiger partial charge in [-0.25, -0.2) is 0 Å². The Morgan fingerprint density at radius 1 is 1.44 bits per heavy atom. The molecule has 0 fully saturated rings. The highest BCUT2D eigenvalue weighted by Crippen LogP contribution is 2.08. The van der Waals surface area contributed by atoms with Crippen LogP contribution in [0.15, 0.2) is 30.3 Å². The van der Waals surface area contributed by atoms with E-state index >= 15 is 0 Å². The third-order valence-electron chi connectivity index (χ3n) is 2.52. The second-order valence-corrected chi connectivity index (χ2v) is 4.22. The molecule has 0 N–H and O–H groups in total. The van der Waals surface area contributed by atoms with E-state index in [0.29, 0.717) is 19.6 Å². The topological polar surface area (TPSA) is 53.3 Å². The van der Waals surface area contributed by atoms with Crippen LogP contribution in [0, 0.1) is 17.2 Å². The van der Waals surface area contributed by atoms with Gasteiger partial charge in [0, 0.05) is 13.6 Å². The molecule has 0 bridgehead atoms. The Balaban J connectivity index is 2.27. The molecule has 4 heteroatoms. The van der Waals surface area contributed by atoms with Crippen LogP contribution in [0.25, 0.3) is 0 Å². The zero-order valence-corrected chi connectivity index (χ0v) is 10.8. The van der Waals surface area contributed by atoms with E-state index in [-0.39, 0.29) is 11.8 Å². The number of nitriles is 1. The van der Waals surface area contributed by atoms with Gasteiger partial charge in [-0.2, -0.15) is 5.26 Å². The minimum absolute atomic E-state index is 0.00645. The summed E-state index contributed by atoms with van der Waals surface area (Å²) in [4.78, 5) is 13.3. The number of hydrogen-bond acceptors (Lipinski definition) is 3. The molecule has 0 saturated heterocycles. The zero-order valence-electron chi connectivity index (χ0n) is 10.8. The summed E-state index contributed by atoms with van der Waals surface area (Å²) in [7, 11) is 1.71. The maximum atomic E-state index is 11.7. The van der Waals surface area contributed by atoms with Crippen LogP contribution in [-0.4, -0.2) is 31.0 Å². The number of amides is 1. The van der Waals surface area contributed by atoms with E-state index in [1.165, 1.54) is 0 Å². The van der Waals surface area contributed by atoms with Gasteiger partial charge in [0.05, 0.1) is 25.0 Å². The summed E-state index contributed by atoms with van der Waals surface area (Å²) in [5.41, 5.74) is 0. The highest BCUT2D eigenvalue weighted by molar-refractivity contribution is 5.76. The Hall–Kier alpha value is -2.02. The molecule has 1 atom stereocenters. The fourth-order valence-corrected chi connectivity index (χ4v) is 1.52. The second-order valence-electron chi connectivity index (χ2n) is 4.22. The highest BCUT2D eigenvalue weighted by Gasteiger charge is 2.11. The Morgan fingerprint density at radius 2 is 2.11 bits per heavy atom. The molecule has 1 rings (SSSR count). The lowest BCUT2D eigenvalue weighted by Gasteiger charge is -2.18. The molecule has 18 heavy (non-hydrogen) atoms. The van der Waals surface area contributed by atoms with Gasteiger partial charge in [-0.05, 0) is 19.1 Å². The van der Waals surface area contributed by atoms with E-state index in [1.54, 1.807) is 18.9 Å². The fourth-order valence-electron chi connectivity index (χ4n) is 1.52. The van der Waals surface area contributed by atoms with Gasteiger partial charge in [0.15, 0.2) is 0 Å². The molecule has 0 aliphatic carbocycles. The van der Waals surface area contributed by atoms with Crippen molar-refractivity contribution in [3.8, 4) is 11.8 Å². The summed E-state index contributed by atoms with van der Waals surface area (Å²) in [6.07, 6.45) is 0.323. The van der Waals surface area contributed by atoms with Gasteiger partial charge in [-0.3, -0.25) is 4.79 Å². The molecule has 1 amide bonds. The number of para-hydroxylation sites is 1. The lowest BCUT2D eigenvalue weighted by Crippen LogP contribution is -2.31. The summed E-state index contributed by atoms with van der Waals surface area (Å²) in [5, 5.41) is 8.68. The number of benzene rings is 1. The smallest absolute Gasteiger partial charge is 0.225 e. The molecule has 0 aliphatic heterocycles. The lowest BCUT2D eigenvalue weighted by molar-refractivity contribution is -0.130. The third kappa shape index (κ3) is 4.88. The zero-order chi connectivity index (χ0) is 13.4. The number of ether oxygens (including phenoxy) is 1. The number of carbonyl (C=O) groups excluding carboxylic acids is 1. The first-order chi connectivity index (χ1) is 8.63. The maximum Gasteiger partial charge on any atom is 0.225 e. The predicted molar refractivity (Wildman–Crippen MR) is 69.0 cm³/mol. The van der Waals surface area contributed by atoms with Gasteiger partial charge in [0.1, 0.15) is 5.75 Å². The van der Waals surface area contributed by atoms with Gasteiger partial charge in [0.25, 0.3) is 0 Å². The van der Waals surface area contributed by atoms with Crippen molar-refractivity contribution in [1.82, 2.24) is 4.90 Å². The molecule has 0 spiro atoms. The molecular formula is C14H18N2O2. The largest absolute Gasteiger partial charge is 0.493 e. The number of nitrogens with zero attached hydrogens (tertiary/aromatic N) is 2. The monoisotopic (exact) mass is 246 g/mol. The number of carbonyl (C=O) groups is 1. The summed E-state index contributed by atoms with van der Waals surface area (Å²) in [6, 6.07) is 11.5. The van der Waals surface area contributed by atoms with Crippen molar-refractivity contribution in [3.05, 3.63) is 30.3 Å². The van der Waals surface area contributed by atoms with Crippen molar-refractivity contribution in [2.45, 2.75) is 13.3 Å². The van der Waals surface area contributed by atoms with Crippen LogP contribution in [0.3, 0.4) is 0 Å². The van der Waals surface area contributed by atoms with Crippen molar-refractivity contribution >= 4 is 5.91 Å². The first-order valence-corrected chi connectivity index (χ1v) is 5.95. The summed E-state index contributed by atoms with van der Waals surface area (Å²) in [6.45, 7) is 2.61. The Labute approximate surface area is 108 Å². The van der Waals surface area contributed by atoms with Gasteiger partial charge >= 0.3 is 0 Å². The van der Waals surface area contributed by atoms with E-state index in [4.69, 9.17) is 10.00 Å². The summed E-state index contributed by atoms with van der Waals surface area (Å²) >= 11 is 0. The average molecular weight is 246 g/mol. The third-order valence-corrected chi connectivity index (χ3v) is 2.52. The van der Waals surface area contributed by atoms with Crippen LogP contribution in [0.2, 0.25) is 0 Å². The molecule has 0 saturated carbocycles. The van der Waals surface area contributed by atoms with Crippen LogP contribution < -0.4 is 4.74 Å². The van der Waals surface area contributed by atoms with E-state index in [1.807, 2.05) is 30.3 Å². The molecule has 0 aromatic heterocycles. The molecule has 4 nitrogen and oxygen atoms in total. The van der Waals surface area contributed by atoms with Crippen LogP contribution in [0.1, 0.15) is 13.3 Å². The molecule has 0 radical (unpaired) electrons. The van der Waals surface area contributed by atoms with Gasteiger partial charge in [0.2, 0.25) is 5.91 Å². The van der Waals surface area contributed by atoms with Crippen molar-refractivity contribution in [3.63, 3.8) is 0 Å². The molecule has 0 heterocycles. The molecule has 1 aromatic carbocycles. The molecule has 96 valence electrons. The van der Waals surface area contributed by atoms with E-state index in [9.17, 15) is 4.79 Å². The average Bonchev–Trinajstić information content (AvgIpc) is 2.39. The minimum Gasteiger partial charge on any atom is -0.493 e. The van der Waals surface area contributed by atoms with Crippen molar-refractivity contribution in [1.29, 1.82) is 5.26 Å². The van der Waals surface area contributed by atoms with E-state index in [2.05, 4.69) is 6.07 Å². The summed E-state index contributed by atoms with van der Waals surface area (Å²) in [5.74, 6) is 0.611. The fraction of sp³-hybridized carbons (Fsp3) is 0.429. The quantitative estimate of drug-likeness (QED) is 0.772. The summed E-state index contributed by atoms with van der Waals surface area (Å²) < 4.78 is 5.45. The molecule has 0 aliphatic rings. The first kappa shape index (κ1) is 14.0. The number of hydrogen-bond donors (Lipinski definition) is 0. The van der Waals surface area contributed by atoms with Crippen LogP contribution >= 0.6 is 0 Å². The van der Waals surface area contributed by atoms with E-state index < -0.39 is 0 Å². The SMILES string of the molecule is CC(C#N)CN(C)C(=O)CCOc1ccccc1. The normalized spacial score (nSPS) is 11.4. The van der Waals surface area contributed by atoms with Crippen LogP contribution in [-0.2, 0) is 4.79 Å². The first-order valence-electron chi connectivity index (χ1n) is 5.95. The van der Waals surface area contributed by atoms with Crippen molar-refractivity contribution < 1.29 is 9.53 Å². The van der Waals surface area contributed by atoms with Crippen LogP contribution in [0.4, 0.5) is 0 Å². The van der Waals surface area contributed by atoms with Gasteiger partial charge < -0.3 is 9.64 Å². The molecular weight excluding hydrogens is 228 g/mol. The van der Waals surface area contributed by atoms with Gasteiger partial charge in [-0.15, -0.1) is 0 Å². The Kier molecular flexibility index (Phi) is 5.72. The maximum absolute atomic E-state index is 11.7. The Morgan fingerprint density at radius 3 is 2.72 bits per heavy atom. The molecule has 1 aromatic rings. The second kappa shape index (κ2) is 7.33. The lowest BCUT2D eigenvalue weighted by atomic mass is 10.2. The Bertz CT molecular complexity index is 412.